The molecular weight excluding hydrogens is 569 g/mol. The van der Waals surface area contributed by atoms with Gasteiger partial charge in [0.15, 0.2) is 5.79 Å². The van der Waals surface area contributed by atoms with E-state index in [9.17, 15) is 9.90 Å². The minimum atomic E-state index is -0.961. The van der Waals surface area contributed by atoms with Crippen LogP contribution in [0, 0.1) is 0 Å². The van der Waals surface area contributed by atoms with Crippen LogP contribution in [-0.2, 0) is 15.3 Å². The molecule has 0 bridgehead atoms. The van der Waals surface area contributed by atoms with E-state index in [1.165, 1.54) is 6.21 Å². The minimum Gasteiger partial charge on any atom is -0.508 e. The molecule has 2 saturated heterocycles. The summed E-state index contributed by atoms with van der Waals surface area (Å²) >= 11 is 12.4. The molecule has 41 heavy (non-hydrogen) atoms. The van der Waals surface area contributed by atoms with Gasteiger partial charge in [0.05, 0.1) is 17.8 Å². The second kappa shape index (κ2) is 13.0. The van der Waals surface area contributed by atoms with Crippen LogP contribution in [0.5, 0.6) is 11.5 Å². The van der Waals surface area contributed by atoms with Crippen LogP contribution >= 0.6 is 23.2 Å². The molecule has 0 spiro atoms. The summed E-state index contributed by atoms with van der Waals surface area (Å²) in [5.74, 6) is -0.0901. The lowest BCUT2D eigenvalue weighted by Gasteiger charge is -2.35. The number of hydrogen-bond acceptors (Lipinski definition) is 8. The highest BCUT2D eigenvalue weighted by Gasteiger charge is 2.40. The maximum absolute atomic E-state index is 12.2. The number of aromatic hydroxyl groups is 1. The molecule has 2 amide bonds. The predicted octanol–water partition coefficient (Wildman–Crippen LogP) is 4.74. The number of carbonyl (C=O) groups is 1. The number of phenolic OH excluding ortho intramolecular Hbond substituents is 1. The number of nitrogens with one attached hydrogen (secondary N) is 2. The van der Waals surface area contributed by atoms with Crippen LogP contribution in [0.2, 0.25) is 10.0 Å². The first kappa shape index (κ1) is 29.0. The Labute approximate surface area is 248 Å². The topological polar surface area (TPSA) is 108 Å². The Morgan fingerprint density at radius 3 is 2.63 bits per heavy atom. The monoisotopic (exact) mass is 599 g/mol. The fourth-order valence-electron chi connectivity index (χ4n) is 4.68. The minimum absolute atomic E-state index is 0.136. The van der Waals surface area contributed by atoms with Crippen molar-refractivity contribution in [1.82, 2.24) is 15.9 Å². The third kappa shape index (κ3) is 7.60. The van der Waals surface area contributed by atoms with Gasteiger partial charge in [-0.15, -0.1) is 0 Å². The van der Waals surface area contributed by atoms with Gasteiger partial charge in [-0.1, -0.05) is 41.4 Å². The quantitative estimate of drug-likeness (QED) is 0.253. The van der Waals surface area contributed by atoms with Crippen molar-refractivity contribution in [3.05, 3.63) is 87.9 Å². The van der Waals surface area contributed by atoms with Gasteiger partial charge < -0.3 is 24.2 Å². The number of ether oxygens (including phenoxy) is 3. The Balaban J connectivity index is 1.03. The van der Waals surface area contributed by atoms with Gasteiger partial charge in [0.25, 0.3) is 0 Å². The molecule has 2 heterocycles. The van der Waals surface area contributed by atoms with Crippen LogP contribution in [0.25, 0.3) is 0 Å². The van der Waals surface area contributed by atoms with E-state index in [-0.39, 0.29) is 11.9 Å². The normalized spacial score (nSPS) is 21.2. The lowest BCUT2D eigenvalue weighted by atomic mass is 10.1. The van der Waals surface area contributed by atoms with Crippen molar-refractivity contribution in [2.24, 2.45) is 5.10 Å². The number of carbonyl (C=O) groups excluding carboxylic acids is 1. The summed E-state index contributed by atoms with van der Waals surface area (Å²) in [5.41, 5.74) is 7.72. The molecule has 2 aliphatic rings. The molecule has 2 aliphatic heterocycles. The second-order valence-corrected chi connectivity index (χ2v) is 10.6. The number of hydrazine groups is 1. The van der Waals surface area contributed by atoms with Crippen molar-refractivity contribution in [3.63, 3.8) is 0 Å². The SMILES string of the molecule is C[C@@]1(c2ccc(Cl)cc2Cl)OC[C@@H](COc2ccc(N3CCN(NC(=O)NN=Cc4cccc(O)c4)CC3)cc2)O1. The van der Waals surface area contributed by atoms with Crippen LogP contribution in [0.3, 0.4) is 0 Å². The molecular formula is C29H31Cl2N5O5. The zero-order valence-electron chi connectivity index (χ0n) is 22.4. The number of piperazine rings is 1. The first-order valence-corrected chi connectivity index (χ1v) is 13.9. The van der Waals surface area contributed by atoms with Crippen molar-refractivity contribution in [1.29, 1.82) is 0 Å². The Hall–Kier alpha value is -3.54. The average molecular weight is 601 g/mol. The highest BCUT2D eigenvalue weighted by Crippen LogP contribution is 2.38. The Kier molecular flexibility index (Phi) is 9.16. The Bertz CT molecular complexity index is 1380. The van der Waals surface area contributed by atoms with Gasteiger partial charge in [0.2, 0.25) is 0 Å². The van der Waals surface area contributed by atoms with E-state index in [1.54, 1.807) is 36.4 Å². The Morgan fingerprint density at radius 2 is 1.90 bits per heavy atom. The Morgan fingerprint density at radius 1 is 1.12 bits per heavy atom. The van der Waals surface area contributed by atoms with E-state index in [1.807, 2.05) is 42.3 Å². The first-order chi connectivity index (χ1) is 19.8. The van der Waals surface area contributed by atoms with Crippen LogP contribution in [0.15, 0.2) is 71.8 Å². The van der Waals surface area contributed by atoms with Crippen molar-refractivity contribution in [2.75, 3.05) is 44.3 Å². The third-order valence-corrected chi connectivity index (χ3v) is 7.33. The molecule has 2 atom stereocenters. The molecule has 3 aromatic carbocycles. The maximum Gasteiger partial charge on any atom is 0.349 e. The fourth-order valence-corrected chi connectivity index (χ4v) is 5.26. The van der Waals surface area contributed by atoms with Gasteiger partial charge in [-0.05, 0) is 61.0 Å². The molecule has 0 radical (unpaired) electrons. The van der Waals surface area contributed by atoms with Gasteiger partial charge in [-0.2, -0.15) is 5.10 Å². The number of amides is 2. The van der Waals surface area contributed by atoms with E-state index < -0.39 is 11.8 Å². The molecule has 0 aliphatic carbocycles. The smallest absolute Gasteiger partial charge is 0.349 e. The molecule has 10 nitrogen and oxygen atoms in total. The second-order valence-electron chi connectivity index (χ2n) is 9.81. The van der Waals surface area contributed by atoms with E-state index in [4.69, 9.17) is 37.4 Å². The van der Waals surface area contributed by atoms with E-state index in [0.29, 0.717) is 41.9 Å². The molecule has 5 rings (SSSR count). The number of halogens is 2. The zero-order valence-corrected chi connectivity index (χ0v) is 23.9. The number of nitrogens with zero attached hydrogens (tertiary/aromatic N) is 3. The van der Waals surface area contributed by atoms with Crippen LogP contribution in [0.1, 0.15) is 18.1 Å². The van der Waals surface area contributed by atoms with E-state index >= 15 is 0 Å². The lowest BCUT2D eigenvalue weighted by molar-refractivity contribution is -0.164. The van der Waals surface area contributed by atoms with Crippen LogP contribution in [-0.4, -0.2) is 67.9 Å². The summed E-state index contributed by atoms with van der Waals surface area (Å²) in [6.45, 7) is 5.34. The molecule has 3 N–H and O–H groups in total. The molecule has 0 aromatic heterocycles. The number of hydrazone groups is 1. The lowest BCUT2D eigenvalue weighted by Crippen LogP contribution is -2.55. The summed E-state index contributed by atoms with van der Waals surface area (Å²) in [7, 11) is 0. The fraction of sp³-hybridized carbons (Fsp3) is 0.310. The van der Waals surface area contributed by atoms with Crippen molar-refractivity contribution < 1.29 is 24.1 Å². The van der Waals surface area contributed by atoms with Gasteiger partial charge >= 0.3 is 6.03 Å². The van der Waals surface area contributed by atoms with E-state index in [2.05, 4.69) is 20.9 Å². The molecule has 2 fully saturated rings. The average Bonchev–Trinajstić information content (AvgIpc) is 3.34. The molecule has 12 heteroatoms. The number of phenols is 1. The molecule has 3 aromatic rings. The van der Waals surface area contributed by atoms with Gasteiger partial charge in [0, 0.05) is 42.5 Å². The summed E-state index contributed by atoms with van der Waals surface area (Å²) in [4.78, 5) is 14.4. The van der Waals surface area contributed by atoms with Crippen molar-refractivity contribution in [3.8, 4) is 11.5 Å². The van der Waals surface area contributed by atoms with Gasteiger partial charge in [0.1, 0.15) is 24.2 Å². The number of benzene rings is 3. The summed E-state index contributed by atoms with van der Waals surface area (Å²) in [5, 5.41) is 16.3. The van der Waals surface area contributed by atoms with Gasteiger partial charge in [-0.3, -0.25) is 5.43 Å². The van der Waals surface area contributed by atoms with E-state index in [0.717, 1.165) is 30.1 Å². The summed E-state index contributed by atoms with van der Waals surface area (Å²) in [6, 6.07) is 19.3. The van der Waals surface area contributed by atoms with Crippen LogP contribution in [0.4, 0.5) is 10.5 Å². The van der Waals surface area contributed by atoms with Crippen molar-refractivity contribution in [2.45, 2.75) is 18.8 Å². The predicted molar refractivity (Wildman–Crippen MR) is 158 cm³/mol. The van der Waals surface area contributed by atoms with Gasteiger partial charge in [-0.25, -0.2) is 15.2 Å². The molecule has 0 saturated carbocycles. The largest absolute Gasteiger partial charge is 0.508 e. The van der Waals surface area contributed by atoms with Crippen LogP contribution < -0.4 is 20.5 Å². The number of urea groups is 1. The number of anilines is 1. The number of rotatable bonds is 8. The summed E-state index contributed by atoms with van der Waals surface area (Å²) < 4.78 is 18.1. The molecule has 216 valence electrons. The summed E-state index contributed by atoms with van der Waals surface area (Å²) in [6.07, 6.45) is 1.22. The highest BCUT2D eigenvalue weighted by molar-refractivity contribution is 6.35. The number of hydrogen-bond donors (Lipinski definition) is 3. The highest BCUT2D eigenvalue weighted by atomic mass is 35.5. The van der Waals surface area contributed by atoms with Crippen molar-refractivity contribution >= 4 is 41.1 Å². The zero-order chi connectivity index (χ0) is 28.8. The molecule has 0 unspecified atom stereocenters. The third-order valence-electron chi connectivity index (χ3n) is 6.78. The first-order valence-electron chi connectivity index (χ1n) is 13.2. The standard InChI is InChI=1S/C29H31Cl2N5O5/c1-29(26-10-5-21(30)16-27(26)31)40-19-25(41-29)18-39-24-8-6-22(7-9-24)35-11-13-36(14-12-35)34-28(38)33-32-17-20-3-2-4-23(37)15-20/h2-10,15-17,25,37H,11-14,18-19H2,1H3,(H2,33,34,38)/t25-,29-/m1/s1. The maximum atomic E-state index is 12.2.